The molecule has 1 heterocycles. The molecule has 15 heavy (non-hydrogen) atoms. The lowest BCUT2D eigenvalue weighted by molar-refractivity contribution is 0.0544. The van der Waals surface area contributed by atoms with Crippen molar-refractivity contribution in [2.75, 3.05) is 13.2 Å². The van der Waals surface area contributed by atoms with Gasteiger partial charge in [0.15, 0.2) is 5.78 Å². The highest BCUT2D eigenvalue weighted by atomic mass is 79.9. The summed E-state index contributed by atoms with van der Waals surface area (Å²) in [4.78, 5) is 12.1. The van der Waals surface area contributed by atoms with Crippen molar-refractivity contribution in [3.05, 3.63) is 34.3 Å². The fraction of sp³-hybridized carbons (Fsp3) is 0.417. The fourth-order valence-electron chi connectivity index (χ4n) is 1.84. The molecule has 0 bridgehead atoms. The van der Waals surface area contributed by atoms with Crippen LogP contribution in [0.1, 0.15) is 23.2 Å². The van der Waals surface area contributed by atoms with Gasteiger partial charge in [-0.3, -0.25) is 4.79 Å². The average molecular weight is 269 g/mol. The second-order valence-corrected chi connectivity index (χ2v) is 4.59. The highest BCUT2D eigenvalue weighted by molar-refractivity contribution is 9.10. The van der Waals surface area contributed by atoms with Crippen molar-refractivity contribution in [2.45, 2.75) is 12.8 Å². The van der Waals surface area contributed by atoms with E-state index in [0.717, 1.165) is 22.9 Å². The maximum absolute atomic E-state index is 12.1. The molecule has 1 aromatic carbocycles. The Morgan fingerprint density at radius 3 is 2.60 bits per heavy atom. The number of Topliss-reactive ketones (excluding diaryl/α,β-unsaturated/α-hetero) is 1. The van der Waals surface area contributed by atoms with Gasteiger partial charge in [0.25, 0.3) is 0 Å². The van der Waals surface area contributed by atoms with E-state index in [0.29, 0.717) is 13.2 Å². The number of halogens is 1. The summed E-state index contributed by atoms with van der Waals surface area (Å²) in [6.07, 6.45) is 1.69. The molecule has 2 nitrogen and oxygen atoms in total. The molecule has 3 heteroatoms. The molecule has 1 aromatic rings. The predicted molar refractivity (Wildman–Crippen MR) is 62.0 cm³/mol. The lowest BCUT2D eigenvalue weighted by Gasteiger charge is -2.21. The Kier molecular flexibility index (Phi) is 3.54. The van der Waals surface area contributed by atoms with Gasteiger partial charge in [0.2, 0.25) is 0 Å². The molecule has 0 spiro atoms. The Morgan fingerprint density at radius 2 is 1.93 bits per heavy atom. The maximum atomic E-state index is 12.1. The van der Waals surface area contributed by atoms with E-state index < -0.39 is 0 Å². The lowest BCUT2D eigenvalue weighted by Crippen LogP contribution is -2.23. The van der Waals surface area contributed by atoms with Crippen molar-refractivity contribution in [1.82, 2.24) is 0 Å². The first kappa shape index (κ1) is 10.8. The zero-order chi connectivity index (χ0) is 10.7. The Morgan fingerprint density at radius 1 is 1.27 bits per heavy atom. The number of carbonyl (C=O) groups is 1. The summed E-state index contributed by atoms with van der Waals surface area (Å²) in [5, 5.41) is 0. The number of carbonyl (C=O) groups excluding carboxylic acids is 1. The van der Waals surface area contributed by atoms with Gasteiger partial charge in [0.05, 0.1) is 0 Å². The van der Waals surface area contributed by atoms with Gasteiger partial charge in [-0.15, -0.1) is 0 Å². The van der Waals surface area contributed by atoms with Crippen LogP contribution in [0.4, 0.5) is 0 Å². The van der Waals surface area contributed by atoms with Crippen LogP contribution in [0.15, 0.2) is 28.7 Å². The van der Waals surface area contributed by atoms with Crippen LogP contribution in [0.25, 0.3) is 0 Å². The summed E-state index contributed by atoms with van der Waals surface area (Å²) in [6, 6.07) is 7.61. The van der Waals surface area contributed by atoms with Crippen molar-refractivity contribution in [1.29, 1.82) is 0 Å². The molecule has 1 aliphatic heterocycles. The molecular weight excluding hydrogens is 256 g/mol. The minimum Gasteiger partial charge on any atom is -0.381 e. The van der Waals surface area contributed by atoms with E-state index in [-0.39, 0.29) is 11.7 Å². The van der Waals surface area contributed by atoms with E-state index in [2.05, 4.69) is 15.9 Å². The summed E-state index contributed by atoms with van der Waals surface area (Å²) in [7, 11) is 0. The topological polar surface area (TPSA) is 26.3 Å². The lowest BCUT2D eigenvalue weighted by atomic mass is 9.91. The Bertz CT molecular complexity index is 356. The van der Waals surface area contributed by atoms with Crippen molar-refractivity contribution in [2.24, 2.45) is 5.92 Å². The molecule has 0 N–H and O–H groups in total. The quantitative estimate of drug-likeness (QED) is 0.771. The number of ether oxygens (including phenoxy) is 1. The van der Waals surface area contributed by atoms with E-state index in [1.807, 2.05) is 24.3 Å². The van der Waals surface area contributed by atoms with Crippen molar-refractivity contribution >= 4 is 21.7 Å². The number of hydrogen-bond acceptors (Lipinski definition) is 2. The molecule has 1 aliphatic rings. The van der Waals surface area contributed by atoms with Gasteiger partial charge in [-0.2, -0.15) is 0 Å². The molecule has 1 fully saturated rings. The smallest absolute Gasteiger partial charge is 0.167 e. The molecular formula is C12H13BrO2. The Balaban J connectivity index is 2.16. The predicted octanol–water partition coefficient (Wildman–Crippen LogP) is 3.06. The summed E-state index contributed by atoms with van der Waals surface area (Å²) < 4.78 is 6.14. The van der Waals surface area contributed by atoms with Gasteiger partial charge in [-0.05, 0) is 18.9 Å². The van der Waals surface area contributed by atoms with Crippen LogP contribution in [0, 0.1) is 5.92 Å². The number of ketones is 1. The van der Waals surface area contributed by atoms with Crippen LogP contribution < -0.4 is 0 Å². The third-order valence-electron chi connectivity index (χ3n) is 2.73. The molecule has 0 amide bonds. The summed E-state index contributed by atoms with van der Waals surface area (Å²) in [5.41, 5.74) is 0.796. The van der Waals surface area contributed by atoms with Gasteiger partial charge < -0.3 is 4.74 Å². The average Bonchev–Trinajstić information content (AvgIpc) is 2.30. The van der Waals surface area contributed by atoms with Crippen LogP contribution >= 0.6 is 15.9 Å². The third-order valence-corrected chi connectivity index (χ3v) is 3.42. The monoisotopic (exact) mass is 268 g/mol. The molecule has 0 aliphatic carbocycles. The van der Waals surface area contributed by atoms with Crippen LogP contribution in [0.5, 0.6) is 0 Å². The molecule has 0 aromatic heterocycles. The van der Waals surface area contributed by atoms with Gasteiger partial charge in [0.1, 0.15) is 0 Å². The van der Waals surface area contributed by atoms with E-state index >= 15 is 0 Å². The van der Waals surface area contributed by atoms with Crippen molar-refractivity contribution in [3.63, 3.8) is 0 Å². The maximum Gasteiger partial charge on any atom is 0.167 e. The summed E-state index contributed by atoms with van der Waals surface area (Å²) in [5.74, 6) is 0.378. The van der Waals surface area contributed by atoms with Crippen LogP contribution in [0.2, 0.25) is 0 Å². The summed E-state index contributed by atoms with van der Waals surface area (Å²) in [6.45, 7) is 1.42. The molecule has 80 valence electrons. The second kappa shape index (κ2) is 4.90. The van der Waals surface area contributed by atoms with E-state index in [1.165, 1.54) is 0 Å². The Hall–Kier alpha value is -0.670. The molecule has 0 saturated carbocycles. The second-order valence-electron chi connectivity index (χ2n) is 3.73. The minimum absolute atomic E-state index is 0.137. The zero-order valence-corrected chi connectivity index (χ0v) is 10.00. The zero-order valence-electron chi connectivity index (χ0n) is 8.41. The highest BCUT2D eigenvalue weighted by Gasteiger charge is 2.23. The minimum atomic E-state index is 0.137. The molecule has 0 atom stereocenters. The molecule has 0 unspecified atom stereocenters. The standard InChI is InChI=1S/C12H13BrO2/c13-11-4-2-1-3-10(11)12(14)9-5-7-15-8-6-9/h1-4,9H,5-8H2. The van der Waals surface area contributed by atoms with Crippen molar-refractivity contribution < 1.29 is 9.53 Å². The van der Waals surface area contributed by atoms with Crippen LogP contribution in [-0.4, -0.2) is 19.0 Å². The molecule has 1 saturated heterocycles. The normalized spacial score (nSPS) is 17.7. The van der Waals surface area contributed by atoms with Gasteiger partial charge in [-0.25, -0.2) is 0 Å². The molecule has 2 rings (SSSR count). The number of hydrogen-bond donors (Lipinski definition) is 0. The molecule has 0 radical (unpaired) electrons. The Labute approximate surface area is 97.8 Å². The van der Waals surface area contributed by atoms with E-state index in [4.69, 9.17) is 4.74 Å². The highest BCUT2D eigenvalue weighted by Crippen LogP contribution is 2.24. The van der Waals surface area contributed by atoms with Gasteiger partial charge >= 0.3 is 0 Å². The van der Waals surface area contributed by atoms with E-state index in [1.54, 1.807) is 0 Å². The van der Waals surface area contributed by atoms with E-state index in [9.17, 15) is 4.79 Å². The fourth-order valence-corrected chi connectivity index (χ4v) is 2.32. The first-order chi connectivity index (χ1) is 7.29. The summed E-state index contributed by atoms with van der Waals surface area (Å²) >= 11 is 3.41. The van der Waals surface area contributed by atoms with Crippen LogP contribution in [0.3, 0.4) is 0 Å². The van der Waals surface area contributed by atoms with Gasteiger partial charge in [-0.1, -0.05) is 34.1 Å². The van der Waals surface area contributed by atoms with Crippen molar-refractivity contribution in [3.8, 4) is 0 Å². The van der Waals surface area contributed by atoms with Crippen LogP contribution in [-0.2, 0) is 4.74 Å². The largest absolute Gasteiger partial charge is 0.381 e. The number of benzene rings is 1. The first-order valence-electron chi connectivity index (χ1n) is 5.15. The van der Waals surface area contributed by atoms with Gasteiger partial charge in [0, 0.05) is 29.2 Å². The SMILES string of the molecule is O=C(c1ccccc1Br)C1CCOCC1. The first-order valence-corrected chi connectivity index (χ1v) is 5.95. The number of rotatable bonds is 2. The third kappa shape index (κ3) is 2.47.